The first-order valence-electron chi connectivity index (χ1n) is 12.3. The lowest BCUT2D eigenvalue weighted by molar-refractivity contribution is -0.125. The molecular weight excluding hydrogens is 436 g/mol. The highest BCUT2D eigenvalue weighted by Gasteiger charge is 2.27. The number of anilines is 1. The summed E-state index contributed by atoms with van der Waals surface area (Å²) in [5.74, 6) is 1.94. The molecular formula is C29H32N4O2. The lowest BCUT2D eigenvalue weighted by Crippen LogP contribution is -2.41. The van der Waals surface area contributed by atoms with Gasteiger partial charge in [0.1, 0.15) is 5.75 Å². The number of methoxy groups -OCH3 is 1. The molecule has 6 nitrogen and oxygen atoms in total. The summed E-state index contributed by atoms with van der Waals surface area (Å²) in [5.41, 5.74) is 5.71. The molecule has 180 valence electrons. The van der Waals surface area contributed by atoms with E-state index in [2.05, 4.69) is 64.2 Å². The minimum Gasteiger partial charge on any atom is -0.497 e. The molecule has 0 radical (unpaired) electrons. The molecule has 5 rings (SSSR count). The molecule has 1 saturated heterocycles. The van der Waals surface area contributed by atoms with Crippen molar-refractivity contribution < 1.29 is 9.53 Å². The van der Waals surface area contributed by atoms with Crippen LogP contribution in [-0.2, 0) is 17.9 Å². The third kappa shape index (κ3) is 5.16. The van der Waals surface area contributed by atoms with Gasteiger partial charge in [0.05, 0.1) is 24.7 Å². The van der Waals surface area contributed by atoms with Crippen LogP contribution >= 0.6 is 0 Å². The molecule has 1 aliphatic rings. The number of carbonyl (C=O) groups is 1. The maximum absolute atomic E-state index is 12.9. The van der Waals surface area contributed by atoms with Crippen LogP contribution in [0.1, 0.15) is 29.5 Å². The minimum absolute atomic E-state index is 0.0202. The maximum Gasteiger partial charge on any atom is 0.223 e. The van der Waals surface area contributed by atoms with Crippen LogP contribution in [0, 0.1) is 12.8 Å². The van der Waals surface area contributed by atoms with E-state index in [1.54, 1.807) is 7.11 Å². The van der Waals surface area contributed by atoms with E-state index in [0.29, 0.717) is 6.54 Å². The SMILES string of the molecule is COc1cccc(CNC(=O)C2CCN(c3nc4ccccc4n3Cc3ccc(C)cc3)CC2)c1. The third-order valence-corrected chi connectivity index (χ3v) is 6.85. The van der Waals surface area contributed by atoms with Crippen molar-refractivity contribution in [3.05, 3.63) is 89.5 Å². The van der Waals surface area contributed by atoms with Crippen molar-refractivity contribution in [1.29, 1.82) is 0 Å². The van der Waals surface area contributed by atoms with Crippen molar-refractivity contribution in [3.8, 4) is 5.75 Å². The van der Waals surface area contributed by atoms with E-state index in [0.717, 1.165) is 60.8 Å². The maximum atomic E-state index is 12.9. The van der Waals surface area contributed by atoms with E-state index in [1.165, 1.54) is 11.1 Å². The summed E-state index contributed by atoms with van der Waals surface area (Å²) in [6, 6.07) is 24.8. The topological polar surface area (TPSA) is 59.4 Å². The molecule has 1 aliphatic heterocycles. The second-order valence-electron chi connectivity index (χ2n) is 9.30. The zero-order valence-electron chi connectivity index (χ0n) is 20.4. The number of ether oxygens (including phenoxy) is 1. The van der Waals surface area contributed by atoms with Gasteiger partial charge in [-0.25, -0.2) is 4.98 Å². The molecule has 1 fully saturated rings. The van der Waals surface area contributed by atoms with E-state index in [-0.39, 0.29) is 11.8 Å². The number of nitrogens with zero attached hydrogens (tertiary/aromatic N) is 3. The number of para-hydroxylation sites is 2. The molecule has 1 N–H and O–H groups in total. The van der Waals surface area contributed by atoms with Gasteiger partial charge in [0, 0.05) is 25.6 Å². The van der Waals surface area contributed by atoms with Gasteiger partial charge >= 0.3 is 0 Å². The molecule has 0 aliphatic carbocycles. The summed E-state index contributed by atoms with van der Waals surface area (Å²) in [4.78, 5) is 20.2. The van der Waals surface area contributed by atoms with E-state index in [9.17, 15) is 4.79 Å². The molecule has 2 heterocycles. The summed E-state index contributed by atoms with van der Waals surface area (Å²) < 4.78 is 7.59. The van der Waals surface area contributed by atoms with Crippen LogP contribution < -0.4 is 15.0 Å². The molecule has 3 aromatic carbocycles. The Labute approximate surface area is 206 Å². The van der Waals surface area contributed by atoms with Crippen molar-refractivity contribution >= 4 is 22.9 Å². The van der Waals surface area contributed by atoms with Crippen molar-refractivity contribution in [1.82, 2.24) is 14.9 Å². The number of hydrogen-bond acceptors (Lipinski definition) is 4. The Bertz CT molecular complexity index is 1300. The summed E-state index contributed by atoms with van der Waals surface area (Å²) in [5, 5.41) is 3.11. The first-order valence-corrected chi connectivity index (χ1v) is 12.3. The monoisotopic (exact) mass is 468 g/mol. The number of benzene rings is 3. The number of aryl methyl sites for hydroxylation is 1. The van der Waals surface area contributed by atoms with Crippen LogP contribution in [0.5, 0.6) is 5.75 Å². The number of fused-ring (bicyclic) bond motifs is 1. The molecule has 0 atom stereocenters. The van der Waals surface area contributed by atoms with E-state index in [1.807, 2.05) is 30.3 Å². The summed E-state index contributed by atoms with van der Waals surface area (Å²) in [6.45, 7) is 5.03. The Balaban J connectivity index is 1.26. The normalized spacial score (nSPS) is 14.3. The van der Waals surface area contributed by atoms with Crippen LogP contribution in [0.25, 0.3) is 11.0 Å². The second kappa shape index (κ2) is 10.2. The minimum atomic E-state index is 0.0202. The van der Waals surface area contributed by atoms with Crippen LogP contribution in [0.15, 0.2) is 72.8 Å². The highest BCUT2D eigenvalue weighted by atomic mass is 16.5. The van der Waals surface area contributed by atoms with Gasteiger partial charge in [-0.2, -0.15) is 0 Å². The Hall–Kier alpha value is -3.80. The predicted molar refractivity (Wildman–Crippen MR) is 140 cm³/mol. The molecule has 0 unspecified atom stereocenters. The van der Waals surface area contributed by atoms with Gasteiger partial charge in [-0.3, -0.25) is 4.79 Å². The van der Waals surface area contributed by atoms with Gasteiger partial charge in [-0.1, -0.05) is 54.1 Å². The Morgan fingerprint density at radius 3 is 2.54 bits per heavy atom. The average molecular weight is 469 g/mol. The first kappa shape index (κ1) is 23.0. The first-order chi connectivity index (χ1) is 17.1. The molecule has 35 heavy (non-hydrogen) atoms. The zero-order chi connectivity index (χ0) is 24.2. The van der Waals surface area contributed by atoms with Gasteiger partial charge in [0.25, 0.3) is 0 Å². The average Bonchev–Trinajstić information content (AvgIpc) is 3.27. The fraction of sp³-hybridized carbons (Fsp3) is 0.310. The van der Waals surface area contributed by atoms with Crippen LogP contribution in [0.2, 0.25) is 0 Å². The Kier molecular flexibility index (Phi) is 6.70. The molecule has 1 aromatic heterocycles. The quantitative estimate of drug-likeness (QED) is 0.418. The second-order valence-corrected chi connectivity index (χ2v) is 9.30. The summed E-state index contributed by atoms with van der Waals surface area (Å²) >= 11 is 0. The van der Waals surface area contributed by atoms with E-state index >= 15 is 0 Å². The number of carbonyl (C=O) groups excluding carboxylic acids is 1. The van der Waals surface area contributed by atoms with Gasteiger partial charge in [-0.15, -0.1) is 0 Å². The van der Waals surface area contributed by atoms with Crippen LogP contribution in [0.3, 0.4) is 0 Å². The van der Waals surface area contributed by atoms with Crippen molar-refractivity contribution in [3.63, 3.8) is 0 Å². The predicted octanol–water partition coefficient (Wildman–Crippen LogP) is 4.93. The smallest absolute Gasteiger partial charge is 0.223 e. The fourth-order valence-corrected chi connectivity index (χ4v) is 4.79. The van der Waals surface area contributed by atoms with Gasteiger partial charge in [0.2, 0.25) is 11.9 Å². The van der Waals surface area contributed by atoms with E-state index < -0.39 is 0 Å². The van der Waals surface area contributed by atoms with Crippen molar-refractivity contribution in [2.75, 3.05) is 25.1 Å². The van der Waals surface area contributed by atoms with Crippen molar-refractivity contribution in [2.45, 2.75) is 32.9 Å². The lowest BCUT2D eigenvalue weighted by Gasteiger charge is -2.32. The highest BCUT2D eigenvalue weighted by molar-refractivity contribution is 5.80. The number of imidazole rings is 1. The standard InChI is InChI=1S/C29H32N4O2/c1-21-10-12-22(13-11-21)20-33-27-9-4-3-8-26(27)31-29(33)32-16-14-24(15-17-32)28(34)30-19-23-6-5-7-25(18-23)35-2/h3-13,18,24H,14-17,19-20H2,1-2H3,(H,30,34). The third-order valence-electron chi connectivity index (χ3n) is 6.85. The number of rotatable bonds is 7. The van der Waals surface area contributed by atoms with Gasteiger partial charge in [-0.05, 0) is 55.2 Å². The fourth-order valence-electron chi connectivity index (χ4n) is 4.79. The lowest BCUT2D eigenvalue weighted by atomic mass is 9.96. The van der Waals surface area contributed by atoms with Crippen LogP contribution in [-0.4, -0.2) is 35.7 Å². The summed E-state index contributed by atoms with van der Waals surface area (Å²) in [6.07, 6.45) is 1.63. The molecule has 0 saturated carbocycles. The number of piperidine rings is 1. The molecule has 0 bridgehead atoms. The summed E-state index contributed by atoms with van der Waals surface area (Å²) in [7, 11) is 1.65. The van der Waals surface area contributed by atoms with Gasteiger partial charge in [0.15, 0.2) is 0 Å². The number of nitrogens with one attached hydrogen (secondary N) is 1. The zero-order valence-corrected chi connectivity index (χ0v) is 20.4. The number of amides is 1. The molecule has 0 spiro atoms. The number of aromatic nitrogens is 2. The van der Waals surface area contributed by atoms with Crippen molar-refractivity contribution in [2.24, 2.45) is 5.92 Å². The van der Waals surface area contributed by atoms with E-state index in [4.69, 9.17) is 9.72 Å². The largest absolute Gasteiger partial charge is 0.497 e. The number of hydrogen-bond donors (Lipinski definition) is 1. The Morgan fingerprint density at radius 2 is 1.77 bits per heavy atom. The Morgan fingerprint density at radius 1 is 1.00 bits per heavy atom. The van der Waals surface area contributed by atoms with Crippen LogP contribution in [0.4, 0.5) is 5.95 Å². The van der Waals surface area contributed by atoms with Gasteiger partial charge < -0.3 is 19.5 Å². The molecule has 6 heteroatoms. The molecule has 4 aromatic rings. The highest BCUT2D eigenvalue weighted by Crippen LogP contribution is 2.28. The molecule has 1 amide bonds.